The van der Waals surface area contributed by atoms with Gasteiger partial charge < -0.3 is 0 Å². The molecular weight excluding hydrogens is 247 g/mol. The summed E-state index contributed by atoms with van der Waals surface area (Å²) in [5, 5.41) is 4.96. The van der Waals surface area contributed by atoms with Gasteiger partial charge in [0, 0.05) is 11.8 Å². The second-order valence-electron chi connectivity index (χ2n) is 3.78. The molecule has 2 heterocycles. The first-order chi connectivity index (χ1) is 7.74. The third kappa shape index (κ3) is 1.79. The highest BCUT2D eigenvalue weighted by Crippen LogP contribution is 2.35. The molecule has 0 unspecified atom stereocenters. The highest BCUT2D eigenvalue weighted by atomic mass is 35.5. The van der Waals surface area contributed by atoms with Crippen molar-refractivity contribution in [3.8, 4) is 11.3 Å². The first-order valence-corrected chi connectivity index (χ1v) is 5.72. The van der Waals surface area contributed by atoms with Crippen LogP contribution < -0.4 is 0 Å². The highest BCUT2D eigenvalue weighted by molar-refractivity contribution is 6.33. The van der Waals surface area contributed by atoms with E-state index in [0.29, 0.717) is 16.8 Å². The third-order valence-corrected chi connectivity index (χ3v) is 2.97. The molecule has 0 atom stereocenters. The van der Waals surface area contributed by atoms with Crippen LogP contribution in [-0.4, -0.2) is 19.7 Å². The fraction of sp³-hybridized carbons (Fsp3) is 0.300. The fourth-order valence-electron chi connectivity index (χ4n) is 1.55. The van der Waals surface area contributed by atoms with Crippen LogP contribution in [0.4, 0.5) is 0 Å². The lowest BCUT2D eigenvalue weighted by atomic mass is 10.2. The summed E-state index contributed by atoms with van der Waals surface area (Å²) in [5.74, 6) is 0. The van der Waals surface area contributed by atoms with E-state index in [0.717, 1.165) is 5.56 Å². The Bertz CT molecular complexity index is 533. The topological polar surface area (TPSA) is 43.6 Å². The van der Waals surface area contributed by atoms with E-state index < -0.39 is 0 Å². The van der Waals surface area contributed by atoms with Gasteiger partial charge in [-0.25, -0.2) is 9.97 Å². The van der Waals surface area contributed by atoms with Crippen LogP contribution in [0, 0.1) is 0 Å². The molecule has 0 spiro atoms. The van der Waals surface area contributed by atoms with Crippen molar-refractivity contribution in [3.05, 3.63) is 28.9 Å². The van der Waals surface area contributed by atoms with Crippen molar-refractivity contribution in [1.82, 2.24) is 19.7 Å². The Morgan fingerprint density at radius 1 is 1.25 bits per heavy atom. The smallest absolute Gasteiger partial charge is 0.222 e. The van der Waals surface area contributed by atoms with Gasteiger partial charge in [-0.1, -0.05) is 11.6 Å². The second-order valence-corrected chi connectivity index (χ2v) is 4.52. The molecule has 1 saturated carbocycles. The van der Waals surface area contributed by atoms with Gasteiger partial charge in [-0.2, -0.15) is 5.10 Å². The van der Waals surface area contributed by atoms with Crippen molar-refractivity contribution in [2.24, 2.45) is 0 Å². The molecule has 1 aliphatic rings. The van der Waals surface area contributed by atoms with Gasteiger partial charge in [0.25, 0.3) is 0 Å². The quantitative estimate of drug-likeness (QED) is 0.775. The van der Waals surface area contributed by atoms with Gasteiger partial charge in [-0.15, -0.1) is 0 Å². The van der Waals surface area contributed by atoms with Gasteiger partial charge in [0.1, 0.15) is 0 Å². The number of hydrogen-bond donors (Lipinski definition) is 0. The average molecular weight is 255 g/mol. The Morgan fingerprint density at radius 3 is 2.81 bits per heavy atom. The minimum absolute atomic E-state index is 0.193. The minimum Gasteiger partial charge on any atom is -0.269 e. The molecule has 0 amide bonds. The Hall–Kier alpha value is -1.13. The van der Waals surface area contributed by atoms with Crippen LogP contribution in [0.2, 0.25) is 10.3 Å². The maximum atomic E-state index is 6.01. The molecule has 0 radical (unpaired) electrons. The molecule has 2 aromatic heterocycles. The minimum atomic E-state index is 0.193. The van der Waals surface area contributed by atoms with Crippen LogP contribution in [0.5, 0.6) is 0 Å². The fourth-order valence-corrected chi connectivity index (χ4v) is 1.88. The first kappa shape index (κ1) is 10.1. The lowest BCUT2D eigenvalue weighted by Gasteiger charge is -1.99. The lowest BCUT2D eigenvalue weighted by Crippen LogP contribution is -1.92. The Morgan fingerprint density at radius 2 is 2.06 bits per heavy atom. The SMILES string of the molecule is Clc1ncc(Cl)c(-c2cnn(C3CC3)c2)n1. The second kappa shape index (κ2) is 3.71. The maximum Gasteiger partial charge on any atom is 0.222 e. The molecule has 0 saturated heterocycles. The van der Waals surface area contributed by atoms with Gasteiger partial charge in [0.05, 0.1) is 29.2 Å². The van der Waals surface area contributed by atoms with Gasteiger partial charge >= 0.3 is 0 Å². The molecule has 1 fully saturated rings. The van der Waals surface area contributed by atoms with Crippen molar-refractivity contribution < 1.29 is 0 Å². The van der Waals surface area contributed by atoms with Crippen molar-refractivity contribution in [2.45, 2.75) is 18.9 Å². The van der Waals surface area contributed by atoms with Gasteiger partial charge in [-0.05, 0) is 24.4 Å². The highest BCUT2D eigenvalue weighted by Gasteiger charge is 2.24. The Labute approximate surface area is 102 Å². The molecule has 16 heavy (non-hydrogen) atoms. The summed E-state index contributed by atoms with van der Waals surface area (Å²) in [4.78, 5) is 7.92. The van der Waals surface area contributed by atoms with Gasteiger partial charge in [-0.3, -0.25) is 4.68 Å². The standard InChI is InChI=1S/C10H8Cl2N4/c11-8-4-13-10(12)15-9(8)6-3-14-16(5-6)7-1-2-7/h3-5,7H,1-2H2. The average Bonchev–Trinajstić information content (AvgIpc) is 3.01. The monoisotopic (exact) mass is 254 g/mol. The third-order valence-electron chi connectivity index (χ3n) is 2.51. The number of aromatic nitrogens is 4. The van der Waals surface area contributed by atoms with E-state index in [2.05, 4.69) is 15.1 Å². The Balaban J connectivity index is 2.03. The Kier molecular flexibility index (Phi) is 2.33. The molecular formula is C10H8Cl2N4. The van der Waals surface area contributed by atoms with Gasteiger partial charge in [0.15, 0.2) is 0 Å². The van der Waals surface area contributed by atoms with Crippen LogP contribution in [-0.2, 0) is 0 Å². The molecule has 82 valence electrons. The summed E-state index contributed by atoms with van der Waals surface area (Å²) in [6.07, 6.45) is 7.59. The van der Waals surface area contributed by atoms with E-state index >= 15 is 0 Å². The van der Waals surface area contributed by atoms with E-state index in [1.165, 1.54) is 19.0 Å². The number of hydrogen-bond acceptors (Lipinski definition) is 3. The van der Waals surface area contributed by atoms with Crippen LogP contribution in [0.3, 0.4) is 0 Å². The number of rotatable bonds is 2. The molecule has 0 bridgehead atoms. The van der Waals surface area contributed by atoms with E-state index in [1.807, 2.05) is 10.9 Å². The van der Waals surface area contributed by atoms with E-state index in [-0.39, 0.29) is 5.28 Å². The predicted octanol–water partition coefficient (Wildman–Crippen LogP) is 2.98. The summed E-state index contributed by atoms with van der Waals surface area (Å²) >= 11 is 11.8. The van der Waals surface area contributed by atoms with Crippen LogP contribution >= 0.6 is 23.2 Å². The first-order valence-electron chi connectivity index (χ1n) is 4.96. The van der Waals surface area contributed by atoms with E-state index in [4.69, 9.17) is 23.2 Å². The maximum absolute atomic E-state index is 6.01. The molecule has 0 N–H and O–H groups in total. The molecule has 4 nitrogen and oxygen atoms in total. The molecule has 2 aromatic rings. The molecule has 3 rings (SSSR count). The van der Waals surface area contributed by atoms with E-state index in [1.54, 1.807) is 6.20 Å². The zero-order valence-electron chi connectivity index (χ0n) is 8.27. The predicted molar refractivity (Wildman–Crippen MR) is 61.5 cm³/mol. The summed E-state index contributed by atoms with van der Waals surface area (Å²) < 4.78 is 1.95. The summed E-state index contributed by atoms with van der Waals surface area (Å²) in [5.41, 5.74) is 1.51. The van der Waals surface area contributed by atoms with Gasteiger partial charge in [0.2, 0.25) is 5.28 Å². The number of halogens is 2. The van der Waals surface area contributed by atoms with Crippen molar-refractivity contribution in [1.29, 1.82) is 0 Å². The summed E-state index contributed by atoms with van der Waals surface area (Å²) in [7, 11) is 0. The molecule has 0 aliphatic heterocycles. The van der Waals surface area contributed by atoms with Crippen molar-refractivity contribution in [3.63, 3.8) is 0 Å². The van der Waals surface area contributed by atoms with Crippen LogP contribution in [0.15, 0.2) is 18.6 Å². The summed E-state index contributed by atoms with van der Waals surface area (Å²) in [6.45, 7) is 0. The summed E-state index contributed by atoms with van der Waals surface area (Å²) in [6, 6.07) is 0.546. The zero-order chi connectivity index (χ0) is 11.1. The molecule has 0 aromatic carbocycles. The van der Waals surface area contributed by atoms with Crippen LogP contribution in [0.25, 0.3) is 11.3 Å². The molecule has 6 heteroatoms. The largest absolute Gasteiger partial charge is 0.269 e. The zero-order valence-corrected chi connectivity index (χ0v) is 9.78. The van der Waals surface area contributed by atoms with Crippen molar-refractivity contribution >= 4 is 23.2 Å². The van der Waals surface area contributed by atoms with Crippen molar-refractivity contribution in [2.75, 3.05) is 0 Å². The normalized spacial score (nSPS) is 15.4. The van der Waals surface area contributed by atoms with Crippen LogP contribution in [0.1, 0.15) is 18.9 Å². The number of nitrogens with zero attached hydrogens (tertiary/aromatic N) is 4. The molecule has 1 aliphatic carbocycles. The van der Waals surface area contributed by atoms with E-state index in [9.17, 15) is 0 Å². The lowest BCUT2D eigenvalue weighted by molar-refractivity contribution is 0.642.